The number of fused-ring (bicyclic) bond motifs is 1. The number of thiophene rings is 1. The molecule has 1 saturated heterocycles. The maximum atomic E-state index is 12.2. The minimum absolute atomic E-state index is 0.0613. The number of ether oxygens (including phenoxy) is 2. The first-order valence-electron chi connectivity index (χ1n) is 8.74. The average molecular weight is 352 g/mol. The molecule has 1 aliphatic carbocycles. The van der Waals surface area contributed by atoms with Crippen LogP contribution in [0.1, 0.15) is 52.1 Å². The Labute approximate surface area is 148 Å². The van der Waals surface area contributed by atoms with E-state index in [4.69, 9.17) is 9.47 Å². The van der Waals surface area contributed by atoms with E-state index in [1.807, 2.05) is 20.8 Å². The van der Waals surface area contributed by atoms with Gasteiger partial charge in [-0.2, -0.15) is 11.3 Å². The fourth-order valence-corrected chi connectivity index (χ4v) is 4.40. The summed E-state index contributed by atoms with van der Waals surface area (Å²) in [6.07, 6.45) is 1.99. The Morgan fingerprint density at radius 1 is 1.42 bits per heavy atom. The summed E-state index contributed by atoms with van der Waals surface area (Å²) in [5.41, 5.74) is 0.790. The SMILES string of the molecule is CC(NC1C(NC(=O)OC(C)(C)C)C2CCCOC21)c1ccsc1. The summed E-state index contributed by atoms with van der Waals surface area (Å²) < 4.78 is 11.4. The second kappa shape index (κ2) is 7.02. The average Bonchev–Trinajstić information content (AvgIpc) is 3.03. The minimum atomic E-state index is -0.483. The van der Waals surface area contributed by atoms with E-state index >= 15 is 0 Å². The van der Waals surface area contributed by atoms with E-state index < -0.39 is 5.60 Å². The molecule has 24 heavy (non-hydrogen) atoms. The zero-order chi connectivity index (χ0) is 17.3. The monoisotopic (exact) mass is 352 g/mol. The summed E-state index contributed by atoms with van der Waals surface area (Å²) >= 11 is 1.70. The number of carbonyl (C=O) groups is 1. The van der Waals surface area contributed by atoms with Crippen LogP contribution < -0.4 is 10.6 Å². The van der Waals surface area contributed by atoms with Crippen LogP contribution in [0.2, 0.25) is 0 Å². The molecule has 5 atom stereocenters. The van der Waals surface area contributed by atoms with Gasteiger partial charge < -0.3 is 20.1 Å². The Kier molecular flexibility index (Phi) is 5.18. The molecular weight excluding hydrogens is 324 g/mol. The van der Waals surface area contributed by atoms with Gasteiger partial charge in [0.2, 0.25) is 0 Å². The zero-order valence-corrected chi connectivity index (χ0v) is 15.7. The third-order valence-corrected chi connectivity index (χ3v) is 5.49. The van der Waals surface area contributed by atoms with Crippen LogP contribution in [-0.2, 0) is 9.47 Å². The van der Waals surface area contributed by atoms with Gasteiger partial charge in [-0.25, -0.2) is 4.79 Å². The van der Waals surface area contributed by atoms with Gasteiger partial charge in [0.15, 0.2) is 0 Å². The molecule has 1 amide bonds. The van der Waals surface area contributed by atoms with E-state index in [9.17, 15) is 4.79 Å². The number of hydrogen-bond acceptors (Lipinski definition) is 5. The van der Waals surface area contributed by atoms with Gasteiger partial charge in [0.1, 0.15) is 5.60 Å². The van der Waals surface area contributed by atoms with Gasteiger partial charge in [-0.3, -0.25) is 0 Å². The van der Waals surface area contributed by atoms with E-state index in [0.29, 0.717) is 5.92 Å². The maximum absolute atomic E-state index is 12.2. The number of rotatable bonds is 4. The summed E-state index contributed by atoms with van der Waals surface area (Å²) in [4.78, 5) is 12.2. The summed E-state index contributed by atoms with van der Waals surface area (Å²) in [5.74, 6) is 0.374. The standard InChI is InChI=1S/C18H28N2O3S/c1-11(12-7-9-24-10-12)19-15-14(13-6-5-8-22-16(13)15)20-17(21)23-18(2,3)4/h7,9-11,13-16,19H,5-6,8H2,1-4H3,(H,20,21). The van der Waals surface area contributed by atoms with Gasteiger partial charge in [-0.05, 0) is 62.9 Å². The molecule has 0 spiro atoms. The number of alkyl carbamates (subject to hydrolysis) is 1. The molecule has 0 aromatic carbocycles. The van der Waals surface area contributed by atoms with Crippen LogP contribution in [0, 0.1) is 5.92 Å². The molecule has 1 aromatic rings. The van der Waals surface area contributed by atoms with Crippen molar-refractivity contribution in [2.75, 3.05) is 6.61 Å². The highest BCUT2D eigenvalue weighted by Gasteiger charge is 2.53. The Morgan fingerprint density at radius 3 is 2.88 bits per heavy atom. The fourth-order valence-electron chi connectivity index (χ4n) is 3.65. The molecule has 2 fully saturated rings. The Bertz CT molecular complexity index is 555. The van der Waals surface area contributed by atoms with Crippen molar-refractivity contribution in [1.82, 2.24) is 10.6 Å². The Balaban J connectivity index is 1.64. The van der Waals surface area contributed by atoms with Crippen molar-refractivity contribution < 1.29 is 14.3 Å². The van der Waals surface area contributed by atoms with E-state index in [0.717, 1.165) is 19.4 Å². The van der Waals surface area contributed by atoms with Gasteiger partial charge in [0, 0.05) is 18.6 Å². The molecule has 1 aliphatic heterocycles. The second-order valence-electron chi connectivity index (χ2n) is 7.78. The quantitative estimate of drug-likeness (QED) is 0.871. The van der Waals surface area contributed by atoms with Crippen LogP contribution in [0.5, 0.6) is 0 Å². The van der Waals surface area contributed by atoms with Crippen LogP contribution >= 0.6 is 11.3 Å². The normalized spacial score (nSPS) is 30.8. The molecule has 1 saturated carbocycles. The van der Waals surface area contributed by atoms with Crippen LogP contribution in [0.4, 0.5) is 4.79 Å². The highest BCUT2D eigenvalue weighted by atomic mass is 32.1. The predicted molar refractivity (Wildman–Crippen MR) is 95.3 cm³/mol. The molecule has 1 aromatic heterocycles. The van der Waals surface area contributed by atoms with Gasteiger partial charge >= 0.3 is 6.09 Å². The topological polar surface area (TPSA) is 59.6 Å². The third kappa shape index (κ3) is 3.92. The van der Waals surface area contributed by atoms with Gasteiger partial charge in [-0.15, -0.1) is 0 Å². The molecule has 2 aliphatic rings. The third-order valence-electron chi connectivity index (χ3n) is 4.79. The highest BCUT2D eigenvalue weighted by molar-refractivity contribution is 7.07. The molecule has 0 radical (unpaired) electrons. The van der Waals surface area contributed by atoms with Crippen molar-refractivity contribution >= 4 is 17.4 Å². The molecule has 5 unspecified atom stereocenters. The first-order valence-corrected chi connectivity index (χ1v) is 9.69. The Morgan fingerprint density at radius 2 is 2.21 bits per heavy atom. The van der Waals surface area contributed by atoms with Gasteiger partial charge in [0.25, 0.3) is 0 Å². The molecule has 0 bridgehead atoms. The Hall–Kier alpha value is -1.11. The number of carbonyl (C=O) groups excluding carboxylic acids is 1. The van der Waals surface area contributed by atoms with E-state index in [2.05, 4.69) is 34.4 Å². The van der Waals surface area contributed by atoms with E-state index in [-0.39, 0.29) is 30.3 Å². The highest BCUT2D eigenvalue weighted by Crippen LogP contribution is 2.39. The van der Waals surface area contributed by atoms with Crippen molar-refractivity contribution in [2.45, 2.75) is 70.4 Å². The van der Waals surface area contributed by atoms with Crippen molar-refractivity contribution in [1.29, 1.82) is 0 Å². The first kappa shape index (κ1) is 17.7. The van der Waals surface area contributed by atoms with Crippen molar-refractivity contribution in [3.63, 3.8) is 0 Å². The molecule has 5 nitrogen and oxygen atoms in total. The summed E-state index contributed by atoms with van der Waals surface area (Å²) in [6, 6.07) is 2.55. The van der Waals surface area contributed by atoms with Gasteiger partial charge in [0.05, 0.1) is 18.2 Å². The van der Waals surface area contributed by atoms with Crippen molar-refractivity contribution in [3.8, 4) is 0 Å². The fraction of sp³-hybridized carbons (Fsp3) is 0.722. The minimum Gasteiger partial charge on any atom is -0.444 e. The molecule has 2 N–H and O–H groups in total. The van der Waals surface area contributed by atoms with Crippen molar-refractivity contribution in [2.24, 2.45) is 5.92 Å². The second-order valence-corrected chi connectivity index (χ2v) is 8.56. The van der Waals surface area contributed by atoms with Crippen LogP contribution in [0.25, 0.3) is 0 Å². The number of hydrogen-bond donors (Lipinski definition) is 2. The van der Waals surface area contributed by atoms with Gasteiger partial charge in [-0.1, -0.05) is 0 Å². The summed E-state index contributed by atoms with van der Waals surface area (Å²) in [7, 11) is 0. The predicted octanol–water partition coefficient (Wildman–Crippen LogP) is 3.47. The summed E-state index contributed by atoms with van der Waals surface area (Å²) in [6.45, 7) is 8.62. The lowest BCUT2D eigenvalue weighted by Gasteiger charge is -2.54. The van der Waals surface area contributed by atoms with Crippen molar-refractivity contribution in [3.05, 3.63) is 22.4 Å². The molecule has 2 heterocycles. The zero-order valence-electron chi connectivity index (χ0n) is 14.9. The largest absolute Gasteiger partial charge is 0.444 e. The molecular formula is C18H28N2O3S. The maximum Gasteiger partial charge on any atom is 0.407 e. The van der Waals surface area contributed by atoms with E-state index in [1.165, 1.54) is 5.56 Å². The molecule has 6 heteroatoms. The van der Waals surface area contributed by atoms with Crippen LogP contribution in [0.3, 0.4) is 0 Å². The number of nitrogens with one attached hydrogen (secondary N) is 2. The smallest absolute Gasteiger partial charge is 0.407 e. The van der Waals surface area contributed by atoms with Crippen LogP contribution in [-0.4, -0.2) is 36.5 Å². The summed E-state index contributed by atoms with van der Waals surface area (Å²) in [5, 5.41) is 11.0. The first-order chi connectivity index (χ1) is 11.3. The molecule has 3 rings (SSSR count). The number of amides is 1. The van der Waals surface area contributed by atoms with Crippen LogP contribution in [0.15, 0.2) is 16.8 Å². The lowest BCUT2D eigenvalue weighted by molar-refractivity contribution is -0.130. The lowest BCUT2D eigenvalue weighted by atomic mass is 9.68. The lowest BCUT2D eigenvalue weighted by Crippen LogP contribution is -2.73. The molecule has 134 valence electrons. The van der Waals surface area contributed by atoms with E-state index in [1.54, 1.807) is 11.3 Å².